The van der Waals surface area contributed by atoms with Crippen LogP contribution < -0.4 is 5.32 Å². The highest BCUT2D eigenvalue weighted by Gasteiger charge is 2.59. The van der Waals surface area contributed by atoms with Crippen molar-refractivity contribution in [1.82, 2.24) is 5.32 Å². The third-order valence-corrected chi connectivity index (χ3v) is 6.90. The number of halogens is 9. The van der Waals surface area contributed by atoms with Gasteiger partial charge in [-0.25, -0.2) is 0 Å². The number of rotatable bonds is 4. The molecule has 1 heterocycles. The van der Waals surface area contributed by atoms with E-state index in [4.69, 9.17) is 0 Å². The molecular weight excluding hydrogens is 515 g/mol. The van der Waals surface area contributed by atoms with E-state index in [1.165, 1.54) is 6.07 Å². The second-order valence-corrected chi connectivity index (χ2v) is 9.24. The van der Waals surface area contributed by atoms with Crippen molar-refractivity contribution < 1.29 is 44.3 Å². The van der Waals surface area contributed by atoms with Crippen LogP contribution in [-0.4, -0.2) is 24.3 Å². The van der Waals surface area contributed by atoms with Gasteiger partial charge in [-0.2, -0.15) is 39.5 Å². The van der Waals surface area contributed by atoms with Gasteiger partial charge in [0.05, 0.1) is 23.7 Å². The van der Waals surface area contributed by atoms with Crippen LogP contribution in [0.25, 0.3) is 0 Å². The van der Waals surface area contributed by atoms with E-state index in [2.05, 4.69) is 10.3 Å². The molecule has 1 aliphatic carbocycles. The fraction of sp³-hybridized carbons (Fsp3) is 0.440. The second-order valence-electron chi connectivity index (χ2n) is 9.24. The van der Waals surface area contributed by atoms with E-state index in [0.29, 0.717) is 18.4 Å². The first-order chi connectivity index (χ1) is 17.0. The molecule has 12 heteroatoms. The molecule has 1 N–H and O–H groups in total. The van der Waals surface area contributed by atoms with E-state index in [-0.39, 0.29) is 42.3 Å². The Kier molecular flexibility index (Phi) is 6.61. The topological polar surface area (TPSA) is 41.5 Å². The number of aryl methyl sites for hydroxylation is 1. The summed E-state index contributed by atoms with van der Waals surface area (Å²) in [5, 5.41) is 2.86. The van der Waals surface area contributed by atoms with E-state index in [1.54, 1.807) is 19.1 Å². The average molecular weight is 536 g/mol. The average Bonchev–Trinajstić information content (AvgIpc) is 3.43. The SMILES string of the molecule is CCC(=O)NC1CCc2cc(C3=NCC(c4cc(C(F)(F)F)cc(C(F)(F)F)c4)(C(F)(F)F)C3)ccc21. The maximum atomic E-state index is 14.4. The van der Waals surface area contributed by atoms with Crippen LogP contribution in [0.4, 0.5) is 39.5 Å². The van der Waals surface area contributed by atoms with Crippen molar-refractivity contribution in [2.75, 3.05) is 6.54 Å². The van der Waals surface area contributed by atoms with Crippen molar-refractivity contribution in [2.45, 2.75) is 62.6 Å². The molecule has 2 aromatic carbocycles. The van der Waals surface area contributed by atoms with Crippen LogP contribution in [0.3, 0.4) is 0 Å². The van der Waals surface area contributed by atoms with Gasteiger partial charge in [-0.1, -0.05) is 19.1 Å². The number of fused-ring (bicyclic) bond motifs is 1. The molecule has 0 aromatic heterocycles. The molecule has 2 unspecified atom stereocenters. The zero-order chi connectivity index (χ0) is 27.4. The van der Waals surface area contributed by atoms with Gasteiger partial charge in [0.2, 0.25) is 5.91 Å². The number of amides is 1. The Hall–Kier alpha value is -3.05. The molecule has 4 rings (SSSR count). The quantitative estimate of drug-likeness (QED) is 0.423. The van der Waals surface area contributed by atoms with Gasteiger partial charge >= 0.3 is 18.5 Å². The van der Waals surface area contributed by atoms with Crippen LogP contribution in [0, 0.1) is 0 Å². The predicted octanol–water partition coefficient (Wildman–Crippen LogP) is 6.93. The molecule has 2 aliphatic rings. The molecule has 0 saturated carbocycles. The number of hydrogen-bond acceptors (Lipinski definition) is 2. The van der Waals surface area contributed by atoms with Crippen LogP contribution in [0.15, 0.2) is 41.4 Å². The second kappa shape index (κ2) is 9.05. The zero-order valence-corrected chi connectivity index (χ0v) is 19.3. The van der Waals surface area contributed by atoms with Crippen molar-refractivity contribution in [1.29, 1.82) is 0 Å². The first kappa shape index (κ1) is 27.0. The molecule has 3 nitrogen and oxygen atoms in total. The Morgan fingerprint density at radius 3 is 2.14 bits per heavy atom. The summed E-state index contributed by atoms with van der Waals surface area (Å²) in [5.41, 5.74) is -5.99. The molecule has 0 saturated heterocycles. The van der Waals surface area contributed by atoms with Crippen LogP contribution in [0.2, 0.25) is 0 Å². The predicted molar refractivity (Wildman–Crippen MR) is 116 cm³/mol. The number of carbonyl (C=O) groups excluding carboxylic acids is 1. The molecule has 0 spiro atoms. The number of nitrogens with zero attached hydrogens (tertiary/aromatic N) is 1. The molecule has 2 aromatic rings. The van der Waals surface area contributed by atoms with Crippen molar-refractivity contribution in [3.05, 3.63) is 69.8 Å². The lowest BCUT2D eigenvalue weighted by Gasteiger charge is -2.32. The summed E-state index contributed by atoms with van der Waals surface area (Å²) in [6, 6.07) is 4.59. The number of aliphatic imine (C=N–C) groups is 1. The monoisotopic (exact) mass is 536 g/mol. The van der Waals surface area contributed by atoms with Gasteiger partial charge in [-0.15, -0.1) is 0 Å². The van der Waals surface area contributed by atoms with Gasteiger partial charge < -0.3 is 5.32 Å². The minimum atomic E-state index is -5.28. The van der Waals surface area contributed by atoms with E-state index in [0.717, 1.165) is 11.1 Å². The van der Waals surface area contributed by atoms with Crippen molar-refractivity contribution in [3.8, 4) is 0 Å². The maximum Gasteiger partial charge on any atom is 0.416 e. The van der Waals surface area contributed by atoms with Gasteiger partial charge in [0.1, 0.15) is 5.41 Å². The van der Waals surface area contributed by atoms with Crippen molar-refractivity contribution >= 4 is 11.6 Å². The highest BCUT2D eigenvalue weighted by molar-refractivity contribution is 6.03. The fourth-order valence-corrected chi connectivity index (χ4v) is 4.84. The molecule has 37 heavy (non-hydrogen) atoms. The Balaban J connectivity index is 1.72. The minimum absolute atomic E-state index is 0.0628. The third-order valence-electron chi connectivity index (χ3n) is 6.90. The normalized spacial score (nSPS) is 22.1. The molecule has 200 valence electrons. The summed E-state index contributed by atoms with van der Waals surface area (Å²) in [5.74, 6) is -0.156. The number of benzene rings is 2. The maximum absolute atomic E-state index is 14.4. The summed E-state index contributed by atoms with van der Waals surface area (Å²) >= 11 is 0. The third kappa shape index (κ3) is 5.06. The summed E-state index contributed by atoms with van der Waals surface area (Å²) in [6.45, 7) is 0.651. The Morgan fingerprint density at radius 2 is 1.59 bits per heavy atom. The molecule has 2 atom stereocenters. The van der Waals surface area contributed by atoms with Gasteiger partial charge in [-0.05, 0) is 59.4 Å². The van der Waals surface area contributed by atoms with Gasteiger partial charge in [0.15, 0.2) is 0 Å². The summed E-state index contributed by atoms with van der Waals surface area (Å²) in [7, 11) is 0. The van der Waals surface area contributed by atoms with E-state index in [1.807, 2.05) is 0 Å². The molecule has 1 amide bonds. The zero-order valence-electron chi connectivity index (χ0n) is 19.3. The summed E-state index contributed by atoms with van der Waals surface area (Å²) in [6.07, 6.45) is -15.2. The number of nitrogens with one attached hydrogen (secondary N) is 1. The lowest BCUT2D eigenvalue weighted by Crippen LogP contribution is -2.44. The molecule has 1 aliphatic heterocycles. The largest absolute Gasteiger partial charge is 0.416 e. The minimum Gasteiger partial charge on any atom is -0.349 e. The van der Waals surface area contributed by atoms with Crippen LogP contribution >= 0.6 is 0 Å². The number of carbonyl (C=O) groups is 1. The summed E-state index contributed by atoms with van der Waals surface area (Å²) < 4.78 is 123. The van der Waals surface area contributed by atoms with Crippen LogP contribution in [-0.2, 0) is 29.0 Å². The van der Waals surface area contributed by atoms with Gasteiger partial charge in [0.25, 0.3) is 0 Å². The van der Waals surface area contributed by atoms with Crippen LogP contribution in [0.1, 0.15) is 65.6 Å². The molecular formula is C25H21F9N2O. The lowest BCUT2D eigenvalue weighted by atomic mass is 9.75. The molecule has 0 fully saturated rings. The van der Waals surface area contributed by atoms with Crippen molar-refractivity contribution in [2.24, 2.45) is 4.99 Å². The van der Waals surface area contributed by atoms with Gasteiger partial charge in [0, 0.05) is 18.6 Å². The number of alkyl halides is 9. The molecule has 0 radical (unpaired) electrons. The van der Waals surface area contributed by atoms with Crippen molar-refractivity contribution in [3.63, 3.8) is 0 Å². The van der Waals surface area contributed by atoms with Crippen LogP contribution in [0.5, 0.6) is 0 Å². The highest BCUT2D eigenvalue weighted by atomic mass is 19.4. The smallest absolute Gasteiger partial charge is 0.349 e. The highest BCUT2D eigenvalue weighted by Crippen LogP contribution is 2.50. The Labute approximate surface area is 205 Å². The fourth-order valence-electron chi connectivity index (χ4n) is 4.84. The van der Waals surface area contributed by atoms with E-state index >= 15 is 0 Å². The Bertz CT molecular complexity index is 1210. The van der Waals surface area contributed by atoms with E-state index < -0.39 is 53.6 Å². The van der Waals surface area contributed by atoms with E-state index in [9.17, 15) is 44.3 Å². The Morgan fingerprint density at radius 1 is 0.973 bits per heavy atom. The van der Waals surface area contributed by atoms with Gasteiger partial charge in [-0.3, -0.25) is 9.79 Å². The first-order valence-corrected chi connectivity index (χ1v) is 11.4. The summed E-state index contributed by atoms with van der Waals surface area (Å²) in [4.78, 5) is 15.7. The molecule has 0 bridgehead atoms. The number of hydrogen-bond donors (Lipinski definition) is 1. The standard InChI is InChI=1S/C25H21F9N2O/c1-2-21(37)36-19-6-4-13-7-14(3-5-18(13)19)20-11-22(12-35-20,25(32,33)34)15-8-16(23(26,27)28)10-17(9-15)24(29,30)31/h3,5,7-10,19H,2,4,6,11-12H2,1H3,(H,36,37). The lowest BCUT2D eigenvalue weighted by molar-refractivity contribution is -0.184. The first-order valence-electron chi connectivity index (χ1n) is 11.4.